The average molecular weight is 479 g/mol. The largest absolute Gasteiger partial charge is 0.370 e. The van der Waals surface area contributed by atoms with Crippen LogP contribution in [-0.2, 0) is 11.2 Å². The number of benzene rings is 1. The maximum Gasteiger partial charge on any atom is 0.244 e. The highest BCUT2D eigenvalue weighted by Gasteiger charge is 2.22. The molecule has 0 spiro atoms. The molecule has 0 atom stereocenters. The van der Waals surface area contributed by atoms with Crippen LogP contribution >= 0.6 is 24.0 Å². The Morgan fingerprint density at radius 3 is 2.52 bits per heavy atom. The molecular weight excluding hydrogens is 453 g/mol. The first-order valence-electron chi connectivity index (χ1n) is 9.00. The van der Waals surface area contributed by atoms with E-state index < -0.39 is 0 Å². The molecular formula is C20H26IN5O. The Morgan fingerprint density at radius 1 is 1.15 bits per heavy atom. The van der Waals surface area contributed by atoms with Gasteiger partial charge in [-0.05, 0) is 42.9 Å². The highest BCUT2D eigenvalue weighted by molar-refractivity contribution is 14.0. The van der Waals surface area contributed by atoms with Crippen LogP contribution in [0, 0.1) is 5.92 Å². The number of halogens is 1. The second-order valence-corrected chi connectivity index (χ2v) is 6.56. The lowest BCUT2D eigenvalue weighted by Gasteiger charge is -2.31. The van der Waals surface area contributed by atoms with Gasteiger partial charge in [0, 0.05) is 19.3 Å². The van der Waals surface area contributed by atoms with E-state index in [1.165, 1.54) is 5.56 Å². The number of pyridine rings is 1. The predicted molar refractivity (Wildman–Crippen MR) is 119 cm³/mol. The van der Waals surface area contributed by atoms with Gasteiger partial charge in [0.1, 0.15) is 12.4 Å². The third kappa shape index (κ3) is 6.82. The number of aromatic nitrogens is 1. The van der Waals surface area contributed by atoms with E-state index in [0.29, 0.717) is 11.7 Å². The SMILES string of the molecule is I.NC(=NCC(=O)N1CCC(Cc2ccccc2)CC1)Nc1ccccn1. The van der Waals surface area contributed by atoms with Crippen LogP contribution in [0.25, 0.3) is 0 Å². The normalized spacial score (nSPS) is 15.1. The topological polar surface area (TPSA) is 83.6 Å². The lowest BCUT2D eigenvalue weighted by atomic mass is 9.90. The Morgan fingerprint density at radius 2 is 1.85 bits per heavy atom. The Bertz CT molecular complexity index is 731. The number of anilines is 1. The molecule has 6 nitrogen and oxygen atoms in total. The van der Waals surface area contributed by atoms with Crippen molar-refractivity contribution in [1.82, 2.24) is 9.88 Å². The zero-order chi connectivity index (χ0) is 18.2. The molecule has 1 amide bonds. The summed E-state index contributed by atoms with van der Waals surface area (Å²) in [5.74, 6) is 1.48. The zero-order valence-corrected chi connectivity index (χ0v) is 17.6. The minimum atomic E-state index is 0. The summed E-state index contributed by atoms with van der Waals surface area (Å²) in [4.78, 5) is 22.5. The molecule has 2 aromatic rings. The number of nitrogens with zero attached hydrogens (tertiary/aromatic N) is 3. The fourth-order valence-corrected chi connectivity index (χ4v) is 3.19. The van der Waals surface area contributed by atoms with Crippen molar-refractivity contribution in [2.75, 3.05) is 25.0 Å². The van der Waals surface area contributed by atoms with Gasteiger partial charge in [-0.15, -0.1) is 24.0 Å². The van der Waals surface area contributed by atoms with E-state index in [-0.39, 0.29) is 42.4 Å². The molecule has 3 rings (SSSR count). The molecule has 1 aromatic heterocycles. The second kappa shape index (κ2) is 10.9. The molecule has 1 fully saturated rings. The van der Waals surface area contributed by atoms with Gasteiger partial charge in [-0.2, -0.15) is 0 Å². The summed E-state index contributed by atoms with van der Waals surface area (Å²) in [7, 11) is 0. The van der Waals surface area contributed by atoms with Crippen LogP contribution in [0.1, 0.15) is 18.4 Å². The Labute approximate surface area is 177 Å². The van der Waals surface area contributed by atoms with Gasteiger partial charge in [-0.1, -0.05) is 36.4 Å². The van der Waals surface area contributed by atoms with E-state index in [9.17, 15) is 4.79 Å². The quantitative estimate of drug-likeness (QED) is 0.393. The number of carbonyl (C=O) groups is 1. The molecule has 0 radical (unpaired) electrons. The summed E-state index contributed by atoms with van der Waals surface area (Å²) < 4.78 is 0. The zero-order valence-electron chi connectivity index (χ0n) is 15.3. The summed E-state index contributed by atoms with van der Waals surface area (Å²) in [6, 6.07) is 16.0. The second-order valence-electron chi connectivity index (χ2n) is 6.56. The lowest BCUT2D eigenvalue weighted by molar-refractivity contribution is -0.130. The number of likely N-dealkylation sites (tertiary alicyclic amines) is 1. The van der Waals surface area contributed by atoms with Crippen LogP contribution in [0.15, 0.2) is 59.7 Å². The van der Waals surface area contributed by atoms with Gasteiger partial charge in [0.25, 0.3) is 0 Å². The predicted octanol–water partition coefficient (Wildman–Crippen LogP) is 2.91. The standard InChI is InChI=1S/C20H25N5O.HI/c21-20(24-18-8-4-5-11-22-18)23-15-19(26)25-12-9-17(10-13-25)14-16-6-2-1-3-7-16;/h1-8,11,17H,9-10,12-15H2,(H3,21,22,23,24);1H. The molecule has 1 saturated heterocycles. The minimum Gasteiger partial charge on any atom is -0.370 e. The van der Waals surface area contributed by atoms with E-state index in [4.69, 9.17) is 5.73 Å². The summed E-state index contributed by atoms with van der Waals surface area (Å²) in [5.41, 5.74) is 7.19. The number of guanidine groups is 1. The van der Waals surface area contributed by atoms with Gasteiger partial charge >= 0.3 is 0 Å². The first-order chi connectivity index (χ1) is 12.7. The monoisotopic (exact) mass is 479 g/mol. The van der Waals surface area contributed by atoms with Gasteiger partial charge in [0.15, 0.2) is 5.96 Å². The summed E-state index contributed by atoms with van der Waals surface area (Å²) >= 11 is 0. The molecule has 0 bridgehead atoms. The van der Waals surface area contributed by atoms with Crippen molar-refractivity contribution in [3.8, 4) is 0 Å². The van der Waals surface area contributed by atoms with E-state index in [1.807, 2.05) is 23.1 Å². The van der Waals surface area contributed by atoms with E-state index in [2.05, 4.69) is 39.6 Å². The Hall–Kier alpha value is -2.16. The van der Waals surface area contributed by atoms with Crippen molar-refractivity contribution < 1.29 is 4.79 Å². The first kappa shape index (κ1) is 21.1. The van der Waals surface area contributed by atoms with Crippen LogP contribution in [0.4, 0.5) is 5.82 Å². The maximum absolute atomic E-state index is 12.3. The molecule has 2 heterocycles. The van der Waals surface area contributed by atoms with E-state index in [0.717, 1.165) is 32.4 Å². The van der Waals surface area contributed by atoms with Crippen LogP contribution in [0.5, 0.6) is 0 Å². The molecule has 0 saturated carbocycles. The molecule has 1 aromatic carbocycles. The van der Waals surface area contributed by atoms with Gasteiger partial charge in [0.05, 0.1) is 0 Å². The molecule has 144 valence electrons. The summed E-state index contributed by atoms with van der Waals surface area (Å²) in [6.45, 7) is 1.65. The third-order valence-electron chi connectivity index (χ3n) is 4.64. The number of amides is 1. The van der Waals surface area contributed by atoms with Crippen molar-refractivity contribution in [1.29, 1.82) is 0 Å². The highest BCUT2D eigenvalue weighted by Crippen LogP contribution is 2.21. The van der Waals surface area contributed by atoms with Crippen molar-refractivity contribution in [2.24, 2.45) is 16.6 Å². The number of aliphatic imine (C=N–C) groups is 1. The Balaban J connectivity index is 0.00000261. The van der Waals surface area contributed by atoms with E-state index in [1.54, 1.807) is 12.3 Å². The molecule has 0 aliphatic carbocycles. The van der Waals surface area contributed by atoms with Crippen molar-refractivity contribution in [2.45, 2.75) is 19.3 Å². The smallest absolute Gasteiger partial charge is 0.244 e. The maximum atomic E-state index is 12.3. The van der Waals surface area contributed by atoms with Crippen molar-refractivity contribution in [3.05, 3.63) is 60.3 Å². The Kier molecular flexibility index (Phi) is 8.50. The number of rotatable bonds is 5. The van der Waals surface area contributed by atoms with Crippen LogP contribution in [0.3, 0.4) is 0 Å². The summed E-state index contributed by atoms with van der Waals surface area (Å²) in [6.07, 6.45) is 4.82. The molecule has 0 unspecified atom stereocenters. The van der Waals surface area contributed by atoms with Crippen molar-refractivity contribution >= 4 is 41.7 Å². The fraction of sp³-hybridized carbons (Fsp3) is 0.350. The number of piperidine rings is 1. The van der Waals surface area contributed by atoms with Gasteiger partial charge < -0.3 is 16.0 Å². The number of nitrogens with one attached hydrogen (secondary N) is 1. The highest BCUT2D eigenvalue weighted by atomic mass is 127. The molecule has 7 heteroatoms. The minimum absolute atomic E-state index is 0. The lowest BCUT2D eigenvalue weighted by Crippen LogP contribution is -2.40. The number of hydrogen-bond acceptors (Lipinski definition) is 3. The van der Waals surface area contributed by atoms with Crippen LogP contribution in [0.2, 0.25) is 0 Å². The van der Waals surface area contributed by atoms with Crippen LogP contribution < -0.4 is 11.1 Å². The number of hydrogen-bond donors (Lipinski definition) is 2. The molecule has 3 N–H and O–H groups in total. The summed E-state index contributed by atoms with van der Waals surface area (Å²) in [5, 5.41) is 2.88. The molecule has 1 aliphatic rings. The number of nitrogens with two attached hydrogens (primary N) is 1. The molecule has 1 aliphatic heterocycles. The molecule has 27 heavy (non-hydrogen) atoms. The van der Waals surface area contributed by atoms with E-state index >= 15 is 0 Å². The average Bonchev–Trinajstić information content (AvgIpc) is 2.68. The number of carbonyl (C=O) groups excluding carboxylic acids is 1. The van der Waals surface area contributed by atoms with Gasteiger partial charge in [0.2, 0.25) is 5.91 Å². The third-order valence-corrected chi connectivity index (χ3v) is 4.64. The van der Waals surface area contributed by atoms with Gasteiger partial charge in [-0.25, -0.2) is 9.98 Å². The first-order valence-corrected chi connectivity index (χ1v) is 9.00. The van der Waals surface area contributed by atoms with Crippen LogP contribution in [-0.4, -0.2) is 41.4 Å². The van der Waals surface area contributed by atoms with Crippen molar-refractivity contribution in [3.63, 3.8) is 0 Å². The van der Waals surface area contributed by atoms with Gasteiger partial charge in [-0.3, -0.25) is 4.79 Å². The fourth-order valence-electron chi connectivity index (χ4n) is 3.19.